The third-order valence-electron chi connectivity index (χ3n) is 2.23. The van der Waals surface area contributed by atoms with Crippen molar-refractivity contribution in [2.45, 2.75) is 26.7 Å². The molecule has 16 heavy (non-hydrogen) atoms. The van der Waals surface area contributed by atoms with Gasteiger partial charge in [-0.2, -0.15) is 0 Å². The van der Waals surface area contributed by atoms with Crippen LogP contribution in [0.3, 0.4) is 0 Å². The predicted molar refractivity (Wildman–Crippen MR) is 68.3 cm³/mol. The highest BCUT2D eigenvalue weighted by molar-refractivity contribution is 9.10. The molecule has 0 aromatic carbocycles. The average Bonchev–Trinajstić information content (AvgIpc) is 2.25. The summed E-state index contributed by atoms with van der Waals surface area (Å²) in [7, 11) is 0. The summed E-state index contributed by atoms with van der Waals surface area (Å²) in [5, 5.41) is 2.88. The maximum absolute atomic E-state index is 11.6. The van der Waals surface area contributed by atoms with Crippen LogP contribution in [0.4, 0.5) is 0 Å². The van der Waals surface area contributed by atoms with Crippen LogP contribution in [0.5, 0.6) is 0 Å². The van der Waals surface area contributed by atoms with Crippen molar-refractivity contribution in [2.24, 2.45) is 5.92 Å². The molecule has 1 aromatic rings. The van der Waals surface area contributed by atoms with E-state index in [1.54, 1.807) is 18.3 Å². The lowest BCUT2D eigenvalue weighted by Crippen LogP contribution is -2.24. The van der Waals surface area contributed by atoms with Crippen LogP contribution in [-0.2, 0) is 0 Å². The molecule has 0 aliphatic carbocycles. The van der Waals surface area contributed by atoms with Gasteiger partial charge in [-0.25, -0.2) is 4.98 Å². The molecule has 0 fully saturated rings. The van der Waals surface area contributed by atoms with Crippen molar-refractivity contribution in [1.29, 1.82) is 0 Å². The normalized spacial score (nSPS) is 10.5. The fourth-order valence-electron chi connectivity index (χ4n) is 1.32. The van der Waals surface area contributed by atoms with Gasteiger partial charge in [0.2, 0.25) is 0 Å². The Morgan fingerprint density at radius 3 is 2.81 bits per heavy atom. The minimum Gasteiger partial charge on any atom is -0.352 e. The van der Waals surface area contributed by atoms with Crippen LogP contribution in [0, 0.1) is 5.92 Å². The number of pyridine rings is 1. The Morgan fingerprint density at radius 1 is 1.50 bits per heavy atom. The highest BCUT2D eigenvalue weighted by Crippen LogP contribution is 2.06. The summed E-state index contributed by atoms with van der Waals surface area (Å²) in [6.45, 7) is 5.09. The summed E-state index contributed by atoms with van der Waals surface area (Å²) in [5.74, 6) is 0.634. The molecule has 0 radical (unpaired) electrons. The molecule has 0 bridgehead atoms. The number of hydrogen-bond donors (Lipinski definition) is 1. The molecule has 0 unspecified atom stereocenters. The van der Waals surface area contributed by atoms with Crippen LogP contribution in [0.25, 0.3) is 0 Å². The molecule has 0 saturated carbocycles. The molecule has 1 rings (SSSR count). The number of aromatic nitrogens is 1. The van der Waals surface area contributed by atoms with E-state index in [2.05, 4.69) is 40.1 Å². The van der Waals surface area contributed by atoms with Gasteiger partial charge >= 0.3 is 0 Å². The Morgan fingerprint density at radius 2 is 2.25 bits per heavy atom. The van der Waals surface area contributed by atoms with Crippen LogP contribution >= 0.6 is 15.9 Å². The monoisotopic (exact) mass is 284 g/mol. The van der Waals surface area contributed by atoms with Gasteiger partial charge in [-0.05, 0) is 46.8 Å². The number of halogens is 1. The van der Waals surface area contributed by atoms with Crippen molar-refractivity contribution in [3.63, 3.8) is 0 Å². The number of nitrogens with zero attached hydrogens (tertiary/aromatic N) is 1. The smallest absolute Gasteiger partial charge is 0.252 e. The standard InChI is InChI=1S/C12H17BrN2O/c1-9(2)4-3-7-14-12(16)10-5-6-11(13)15-8-10/h5-6,8-9H,3-4,7H2,1-2H3,(H,14,16). The number of amides is 1. The van der Waals surface area contributed by atoms with Gasteiger partial charge in [0, 0.05) is 12.7 Å². The van der Waals surface area contributed by atoms with Crippen molar-refractivity contribution in [2.75, 3.05) is 6.54 Å². The molecule has 0 spiro atoms. The molecular weight excluding hydrogens is 268 g/mol. The van der Waals surface area contributed by atoms with Gasteiger partial charge < -0.3 is 5.32 Å². The van der Waals surface area contributed by atoms with E-state index in [1.165, 1.54) is 0 Å². The van der Waals surface area contributed by atoms with Crippen LogP contribution in [0.1, 0.15) is 37.0 Å². The second kappa shape index (κ2) is 6.63. The third-order valence-corrected chi connectivity index (χ3v) is 2.70. The van der Waals surface area contributed by atoms with Gasteiger partial charge in [-0.15, -0.1) is 0 Å². The fraction of sp³-hybridized carbons (Fsp3) is 0.500. The van der Waals surface area contributed by atoms with E-state index >= 15 is 0 Å². The molecule has 4 heteroatoms. The van der Waals surface area contributed by atoms with Gasteiger partial charge in [0.1, 0.15) is 4.60 Å². The first-order valence-electron chi connectivity index (χ1n) is 5.49. The van der Waals surface area contributed by atoms with Crippen molar-refractivity contribution < 1.29 is 4.79 Å². The molecule has 0 aliphatic rings. The SMILES string of the molecule is CC(C)CCCNC(=O)c1ccc(Br)nc1. The summed E-state index contributed by atoms with van der Waals surface area (Å²) in [6.07, 6.45) is 3.73. The Bertz CT molecular complexity index is 335. The van der Waals surface area contributed by atoms with Gasteiger partial charge in [0.15, 0.2) is 0 Å². The molecule has 1 aromatic heterocycles. The minimum atomic E-state index is -0.0521. The Labute approximate surface area is 105 Å². The van der Waals surface area contributed by atoms with Crippen LogP contribution < -0.4 is 5.32 Å². The average molecular weight is 285 g/mol. The fourth-order valence-corrected chi connectivity index (χ4v) is 1.56. The Kier molecular flexibility index (Phi) is 5.46. The first-order valence-corrected chi connectivity index (χ1v) is 6.28. The van der Waals surface area contributed by atoms with E-state index in [-0.39, 0.29) is 5.91 Å². The number of carbonyl (C=O) groups is 1. The van der Waals surface area contributed by atoms with Gasteiger partial charge in [0.05, 0.1) is 5.56 Å². The second-order valence-electron chi connectivity index (χ2n) is 4.16. The first kappa shape index (κ1) is 13.2. The van der Waals surface area contributed by atoms with Crippen LogP contribution in [0.15, 0.2) is 22.9 Å². The molecule has 0 saturated heterocycles. The van der Waals surface area contributed by atoms with E-state index in [0.29, 0.717) is 11.5 Å². The molecule has 0 atom stereocenters. The highest BCUT2D eigenvalue weighted by atomic mass is 79.9. The molecular formula is C12H17BrN2O. The summed E-state index contributed by atoms with van der Waals surface area (Å²) < 4.78 is 0.740. The lowest BCUT2D eigenvalue weighted by molar-refractivity contribution is 0.0952. The summed E-state index contributed by atoms with van der Waals surface area (Å²) >= 11 is 3.23. The molecule has 3 nitrogen and oxygen atoms in total. The van der Waals surface area contributed by atoms with Gasteiger partial charge in [0.25, 0.3) is 5.91 Å². The predicted octanol–water partition coefficient (Wildman–Crippen LogP) is 3.01. The maximum atomic E-state index is 11.6. The molecule has 88 valence electrons. The second-order valence-corrected chi connectivity index (χ2v) is 4.97. The van der Waals surface area contributed by atoms with Gasteiger partial charge in [-0.1, -0.05) is 13.8 Å². The number of carbonyl (C=O) groups excluding carboxylic acids is 1. The molecule has 1 heterocycles. The van der Waals surface area contributed by atoms with Crippen LogP contribution in [0.2, 0.25) is 0 Å². The number of nitrogens with one attached hydrogen (secondary N) is 1. The van der Waals surface area contributed by atoms with Gasteiger partial charge in [-0.3, -0.25) is 4.79 Å². The zero-order chi connectivity index (χ0) is 12.0. The minimum absolute atomic E-state index is 0.0521. The third kappa shape index (κ3) is 4.75. The largest absolute Gasteiger partial charge is 0.352 e. The number of rotatable bonds is 5. The lowest BCUT2D eigenvalue weighted by Gasteiger charge is -2.06. The summed E-state index contributed by atoms with van der Waals surface area (Å²) in [6, 6.07) is 3.53. The maximum Gasteiger partial charge on any atom is 0.252 e. The topological polar surface area (TPSA) is 42.0 Å². The van der Waals surface area contributed by atoms with Crippen molar-refractivity contribution >= 4 is 21.8 Å². The Hall–Kier alpha value is -0.900. The van der Waals surface area contributed by atoms with Crippen molar-refractivity contribution in [3.05, 3.63) is 28.5 Å². The highest BCUT2D eigenvalue weighted by Gasteiger charge is 2.04. The van der Waals surface area contributed by atoms with E-state index < -0.39 is 0 Å². The van der Waals surface area contributed by atoms with E-state index in [1.807, 2.05) is 0 Å². The zero-order valence-corrected chi connectivity index (χ0v) is 11.3. The lowest BCUT2D eigenvalue weighted by atomic mass is 10.1. The van der Waals surface area contributed by atoms with E-state index in [4.69, 9.17) is 0 Å². The van der Waals surface area contributed by atoms with Crippen molar-refractivity contribution in [3.8, 4) is 0 Å². The van der Waals surface area contributed by atoms with Crippen LogP contribution in [-0.4, -0.2) is 17.4 Å². The molecule has 1 N–H and O–H groups in total. The first-order chi connectivity index (χ1) is 7.59. The molecule has 0 aliphatic heterocycles. The zero-order valence-electron chi connectivity index (χ0n) is 9.66. The summed E-state index contributed by atoms with van der Waals surface area (Å²) in [5.41, 5.74) is 0.604. The molecule has 1 amide bonds. The number of hydrogen-bond acceptors (Lipinski definition) is 2. The quantitative estimate of drug-likeness (QED) is 0.667. The van der Waals surface area contributed by atoms with Crippen molar-refractivity contribution in [1.82, 2.24) is 10.3 Å². The Balaban J connectivity index is 2.32. The van der Waals surface area contributed by atoms with E-state index in [0.717, 1.165) is 24.0 Å². The van der Waals surface area contributed by atoms with E-state index in [9.17, 15) is 4.79 Å². The summed E-state index contributed by atoms with van der Waals surface area (Å²) in [4.78, 5) is 15.6.